The Morgan fingerprint density at radius 3 is 2.30 bits per heavy atom. The lowest BCUT2D eigenvalue weighted by Crippen LogP contribution is -2.29. The van der Waals surface area contributed by atoms with Crippen molar-refractivity contribution in [2.75, 3.05) is 5.88 Å². The van der Waals surface area contributed by atoms with Crippen LogP contribution in [0.25, 0.3) is 0 Å². The monoisotopic (exact) mass is 296 g/mol. The smallest absolute Gasteiger partial charge is 0.303 e. The summed E-state index contributed by atoms with van der Waals surface area (Å²) >= 11 is 5.58. The van der Waals surface area contributed by atoms with Crippen LogP contribution in [-0.4, -0.2) is 23.2 Å². The molecule has 0 atom stereocenters. The summed E-state index contributed by atoms with van der Waals surface area (Å²) in [5, 5.41) is 0. The molecule has 1 aromatic carbocycles. The van der Waals surface area contributed by atoms with Crippen molar-refractivity contribution in [2.45, 2.75) is 45.6 Å². The van der Waals surface area contributed by atoms with Gasteiger partial charge in [0.2, 0.25) is 0 Å². The zero-order valence-electron chi connectivity index (χ0n) is 12.2. The molecule has 0 aromatic heterocycles. The van der Waals surface area contributed by atoms with E-state index in [2.05, 4.69) is 0 Å². The summed E-state index contributed by atoms with van der Waals surface area (Å²) in [6, 6.07) is 7.43. The first-order valence-electron chi connectivity index (χ1n) is 6.72. The third-order valence-electron chi connectivity index (χ3n) is 2.86. The number of hydrogen-bond donors (Lipinski definition) is 0. The van der Waals surface area contributed by atoms with Gasteiger partial charge in [-0.2, -0.15) is 0 Å². The summed E-state index contributed by atoms with van der Waals surface area (Å²) in [5.41, 5.74) is 1.19. The van der Waals surface area contributed by atoms with Crippen LogP contribution in [0.4, 0.5) is 0 Å². The number of halogens is 1. The number of rotatable bonds is 7. The number of Topliss-reactive ketones (excluding diaryl/α,β-unsaturated/α-hetero) is 1. The van der Waals surface area contributed by atoms with Gasteiger partial charge in [0.15, 0.2) is 5.78 Å². The van der Waals surface area contributed by atoms with Gasteiger partial charge in [0, 0.05) is 31.2 Å². The summed E-state index contributed by atoms with van der Waals surface area (Å²) in [4.78, 5) is 22.8. The van der Waals surface area contributed by atoms with E-state index in [0.717, 1.165) is 5.56 Å². The Labute approximate surface area is 125 Å². The minimum atomic E-state index is -0.546. The molecule has 0 aliphatic heterocycles. The molecular formula is C16H21ClO3. The molecule has 0 amide bonds. The topological polar surface area (TPSA) is 43.4 Å². The Kier molecular flexibility index (Phi) is 6.21. The SMILES string of the molecule is CC(=O)OC(C)(C)Cc1ccc(C(=O)CCCCl)cc1. The number of carbonyl (C=O) groups excluding carboxylic acids is 2. The van der Waals surface area contributed by atoms with Gasteiger partial charge in [-0.1, -0.05) is 24.3 Å². The number of carbonyl (C=O) groups is 2. The van der Waals surface area contributed by atoms with Crippen molar-refractivity contribution in [1.82, 2.24) is 0 Å². The standard InChI is InChI=1S/C16H21ClO3/c1-12(18)20-16(2,3)11-13-6-8-14(9-7-13)15(19)5-4-10-17/h6-9H,4-5,10-11H2,1-3H3. The molecule has 1 rings (SSSR count). The zero-order valence-corrected chi connectivity index (χ0v) is 13.0. The molecule has 0 fully saturated rings. The van der Waals surface area contributed by atoms with Crippen molar-refractivity contribution in [3.63, 3.8) is 0 Å². The molecule has 1 aromatic rings. The van der Waals surface area contributed by atoms with Crippen LogP contribution >= 0.6 is 11.6 Å². The van der Waals surface area contributed by atoms with Gasteiger partial charge in [-0.15, -0.1) is 11.6 Å². The number of hydrogen-bond acceptors (Lipinski definition) is 3. The number of alkyl halides is 1. The van der Waals surface area contributed by atoms with Gasteiger partial charge in [-0.3, -0.25) is 9.59 Å². The van der Waals surface area contributed by atoms with Crippen molar-refractivity contribution >= 4 is 23.4 Å². The molecule has 0 heterocycles. The molecule has 0 saturated carbocycles. The van der Waals surface area contributed by atoms with Crippen LogP contribution in [0.2, 0.25) is 0 Å². The van der Waals surface area contributed by atoms with Gasteiger partial charge in [0.1, 0.15) is 5.60 Å². The Hall–Kier alpha value is -1.35. The van der Waals surface area contributed by atoms with Crippen LogP contribution in [-0.2, 0) is 16.0 Å². The van der Waals surface area contributed by atoms with Gasteiger partial charge >= 0.3 is 5.97 Å². The molecule has 3 nitrogen and oxygen atoms in total. The van der Waals surface area contributed by atoms with Crippen LogP contribution in [0.3, 0.4) is 0 Å². The average Bonchev–Trinajstić information content (AvgIpc) is 2.34. The van der Waals surface area contributed by atoms with Crippen LogP contribution < -0.4 is 0 Å². The van der Waals surface area contributed by atoms with Crippen LogP contribution in [0.5, 0.6) is 0 Å². The summed E-state index contributed by atoms with van der Waals surface area (Å²) in [5.74, 6) is 0.319. The first-order valence-corrected chi connectivity index (χ1v) is 7.25. The highest BCUT2D eigenvalue weighted by molar-refractivity contribution is 6.18. The predicted molar refractivity (Wildman–Crippen MR) is 80.3 cm³/mol. The molecule has 20 heavy (non-hydrogen) atoms. The van der Waals surface area contributed by atoms with E-state index in [0.29, 0.717) is 30.7 Å². The van der Waals surface area contributed by atoms with Gasteiger partial charge in [0.25, 0.3) is 0 Å². The van der Waals surface area contributed by atoms with E-state index in [1.807, 2.05) is 38.1 Å². The molecule has 0 spiro atoms. The predicted octanol–water partition coefficient (Wildman–Crippen LogP) is 3.77. The molecule has 0 aliphatic rings. The third kappa shape index (κ3) is 5.74. The quantitative estimate of drug-likeness (QED) is 0.437. The lowest BCUT2D eigenvalue weighted by Gasteiger charge is -2.24. The molecule has 0 radical (unpaired) electrons. The number of benzene rings is 1. The molecule has 0 bridgehead atoms. The van der Waals surface area contributed by atoms with Crippen molar-refractivity contribution in [3.8, 4) is 0 Å². The molecule has 110 valence electrons. The molecule has 0 unspecified atom stereocenters. The Bertz CT molecular complexity index is 463. The Morgan fingerprint density at radius 2 is 1.80 bits per heavy atom. The fourth-order valence-corrected chi connectivity index (χ4v) is 2.23. The average molecular weight is 297 g/mol. The fraction of sp³-hybridized carbons (Fsp3) is 0.500. The second-order valence-electron chi connectivity index (χ2n) is 5.44. The van der Waals surface area contributed by atoms with E-state index < -0.39 is 5.60 Å². The fourth-order valence-electron chi connectivity index (χ4n) is 2.10. The van der Waals surface area contributed by atoms with Crippen molar-refractivity contribution in [1.29, 1.82) is 0 Å². The van der Waals surface area contributed by atoms with Gasteiger partial charge in [-0.05, 0) is 25.8 Å². The molecule has 0 saturated heterocycles. The van der Waals surface area contributed by atoms with E-state index >= 15 is 0 Å². The molecule has 4 heteroatoms. The molecular weight excluding hydrogens is 276 g/mol. The second kappa shape index (κ2) is 7.44. The minimum Gasteiger partial charge on any atom is -0.460 e. The lowest BCUT2D eigenvalue weighted by atomic mass is 9.96. The van der Waals surface area contributed by atoms with E-state index in [-0.39, 0.29) is 11.8 Å². The van der Waals surface area contributed by atoms with E-state index in [1.54, 1.807) is 0 Å². The maximum atomic E-state index is 11.8. The number of ketones is 1. The summed E-state index contributed by atoms with van der Waals surface area (Å²) in [7, 11) is 0. The summed E-state index contributed by atoms with van der Waals surface area (Å²) in [6.07, 6.45) is 1.78. The van der Waals surface area contributed by atoms with Crippen molar-refractivity contribution < 1.29 is 14.3 Å². The number of esters is 1. The highest BCUT2D eigenvalue weighted by atomic mass is 35.5. The van der Waals surface area contributed by atoms with Crippen LogP contribution in [0.15, 0.2) is 24.3 Å². The van der Waals surface area contributed by atoms with Crippen LogP contribution in [0.1, 0.15) is 49.5 Å². The molecule has 0 aliphatic carbocycles. The second-order valence-corrected chi connectivity index (χ2v) is 5.82. The van der Waals surface area contributed by atoms with Crippen molar-refractivity contribution in [2.24, 2.45) is 0 Å². The van der Waals surface area contributed by atoms with Gasteiger partial charge in [0.05, 0.1) is 0 Å². The third-order valence-corrected chi connectivity index (χ3v) is 3.13. The Morgan fingerprint density at radius 1 is 1.20 bits per heavy atom. The largest absolute Gasteiger partial charge is 0.460 e. The first kappa shape index (κ1) is 16.7. The van der Waals surface area contributed by atoms with Gasteiger partial charge < -0.3 is 4.74 Å². The summed E-state index contributed by atoms with van der Waals surface area (Å²) in [6.45, 7) is 5.14. The van der Waals surface area contributed by atoms with E-state index in [4.69, 9.17) is 16.3 Å². The van der Waals surface area contributed by atoms with E-state index in [9.17, 15) is 9.59 Å². The Balaban J connectivity index is 2.67. The lowest BCUT2D eigenvalue weighted by molar-refractivity contribution is -0.153. The van der Waals surface area contributed by atoms with Gasteiger partial charge in [-0.25, -0.2) is 0 Å². The summed E-state index contributed by atoms with van der Waals surface area (Å²) < 4.78 is 5.25. The van der Waals surface area contributed by atoms with E-state index in [1.165, 1.54) is 6.92 Å². The minimum absolute atomic E-state index is 0.108. The highest BCUT2D eigenvalue weighted by Gasteiger charge is 2.21. The maximum absolute atomic E-state index is 11.8. The van der Waals surface area contributed by atoms with Crippen molar-refractivity contribution in [3.05, 3.63) is 35.4 Å². The zero-order chi connectivity index (χ0) is 15.2. The van der Waals surface area contributed by atoms with Crippen LogP contribution in [0, 0.1) is 0 Å². The molecule has 0 N–H and O–H groups in total. The highest BCUT2D eigenvalue weighted by Crippen LogP contribution is 2.18. The maximum Gasteiger partial charge on any atom is 0.303 e. The first-order chi connectivity index (χ1) is 9.34. The normalized spacial score (nSPS) is 11.2. The number of ether oxygens (including phenoxy) is 1.